The zero-order chi connectivity index (χ0) is 20.0. The van der Waals surface area contributed by atoms with Gasteiger partial charge >= 0.3 is 18.0 Å². The Labute approximate surface area is 162 Å². The molecule has 0 radical (unpaired) electrons. The van der Waals surface area contributed by atoms with Crippen LogP contribution in [-0.2, 0) is 32.3 Å². The predicted molar refractivity (Wildman–Crippen MR) is 99.2 cm³/mol. The van der Waals surface area contributed by atoms with Gasteiger partial charge in [0, 0.05) is 6.54 Å². The lowest BCUT2D eigenvalue weighted by molar-refractivity contribution is -0.169. The molecule has 0 unspecified atom stereocenters. The Hall–Kier alpha value is -3.35. The van der Waals surface area contributed by atoms with Crippen LogP contribution in [0.3, 0.4) is 0 Å². The number of amides is 1. The van der Waals surface area contributed by atoms with Crippen molar-refractivity contribution in [3.8, 4) is 0 Å². The van der Waals surface area contributed by atoms with Gasteiger partial charge in [-0.2, -0.15) is 0 Å². The number of nitrogens with zero attached hydrogens (tertiary/aromatic N) is 1. The van der Waals surface area contributed by atoms with Gasteiger partial charge < -0.3 is 14.6 Å². The van der Waals surface area contributed by atoms with Crippen molar-refractivity contribution in [2.45, 2.75) is 31.6 Å². The van der Waals surface area contributed by atoms with E-state index in [1.807, 2.05) is 24.3 Å². The Morgan fingerprint density at radius 2 is 1.43 bits per heavy atom. The molecule has 1 N–H and O–H groups in total. The number of rotatable bonds is 6. The third-order valence-corrected chi connectivity index (χ3v) is 4.71. The van der Waals surface area contributed by atoms with E-state index in [4.69, 9.17) is 9.47 Å². The number of carboxylic acid groups (broad SMARTS) is 1. The Bertz CT molecular complexity index is 838. The van der Waals surface area contributed by atoms with E-state index in [0.29, 0.717) is 6.42 Å². The van der Waals surface area contributed by atoms with Crippen molar-refractivity contribution in [2.75, 3.05) is 6.54 Å². The number of aliphatic carboxylic acids is 1. The molecule has 1 aliphatic rings. The van der Waals surface area contributed by atoms with E-state index in [1.165, 1.54) is 0 Å². The molecule has 28 heavy (non-hydrogen) atoms. The summed E-state index contributed by atoms with van der Waals surface area (Å²) in [6.07, 6.45) is -0.496. The second-order valence-corrected chi connectivity index (χ2v) is 6.52. The van der Waals surface area contributed by atoms with Gasteiger partial charge in [-0.15, -0.1) is 0 Å². The van der Waals surface area contributed by atoms with Gasteiger partial charge in [0.15, 0.2) is 0 Å². The summed E-state index contributed by atoms with van der Waals surface area (Å²) in [4.78, 5) is 38.2. The maximum absolute atomic E-state index is 12.7. The second-order valence-electron chi connectivity index (χ2n) is 6.52. The molecule has 1 saturated heterocycles. The molecule has 0 saturated carbocycles. The molecule has 0 aromatic heterocycles. The Morgan fingerprint density at radius 3 is 1.96 bits per heavy atom. The average Bonchev–Trinajstić information content (AvgIpc) is 3.18. The van der Waals surface area contributed by atoms with Gasteiger partial charge in [-0.1, -0.05) is 60.7 Å². The number of carboxylic acids is 1. The number of carbonyl (C=O) groups excluding carboxylic acids is 2. The SMILES string of the molecule is O=C(OCc1ccccc1)N1CCC[C@@]1(C(=O)O)C(=O)OCc1ccccc1. The molecule has 1 fully saturated rings. The largest absolute Gasteiger partial charge is 0.479 e. The lowest BCUT2D eigenvalue weighted by Gasteiger charge is -2.31. The molecule has 2 aromatic rings. The highest BCUT2D eigenvalue weighted by atomic mass is 16.6. The van der Waals surface area contributed by atoms with E-state index in [0.717, 1.165) is 16.0 Å². The van der Waals surface area contributed by atoms with Gasteiger partial charge in [0.05, 0.1) is 0 Å². The average molecular weight is 383 g/mol. The molecule has 0 aliphatic carbocycles. The van der Waals surface area contributed by atoms with Crippen LogP contribution in [0.2, 0.25) is 0 Å². The van der Waals surface area contributed by atoms with Crippen molar-refractivity contribution < 1.29 is 29.0 Å². The third-order valence-electron chi connectivity index (χ3n) is 4.71. The van der Waals surface area contributed by atoms with E-state index in [2.05, 4.69) is 0 Å². The first-order valence-electron chi connectivity index (χ1n) is 8.97. The number of esters is 1. The van der Waals surface area contributed by atoms with Gasteiger partial charge in [-0.05, 0) is 24.0 Å². The van der Waals surface area contributed by atoms with Gasteiger partial charge in [0.25, 0.3) is 0 Å². The summed E-state index contributed by atoms with van der Waals surface area (Å²) in [5.41, 5.74) is -0.571. The molecule has 1 atom stereocenters. The number of benzene rings is 2. The molecule has 7 nitrogen and oxygen atoms in total. The molecule has 1 aliphatic heterocycles. The van der Waals surface area contributed by atoms with Crippen LogP contribution in [0, 0.1) is 0 Å². The highest BCUT2D eigenvalue weighted by molar-refractivity contribution is 6.07. The summed E-state index contributed by atoms with van der Waals surface area (Å²) in [5.74, 6) is -2.38. The summed E-state index contributed by atoms with van der Waals surface area (Å²) in [6, 6.07) is 18.0. The second kappa shape index (κ2) is 8.56. The fraction of sp³-hybridized carbons (Fsp3) is 0.286. The molecular formula is C21H21NO6. The zero-order valence-electron chi connectivity index (χ0n) is 15.2. The molecule has 146 valence electrons. The number of hydrogen-bond acceptors (Lipinski definition) is 5. The first-order chi connectivity index (χ1) is 13.5. The van der Waals surface area contributed by atoms with Crippen molar-refractivity contribution >= 4 is 18.0 Å². The van der Waals surface area contributed by atoms with Crippen molar-refractivity contribution in [1.29, 1.82) is 0 Å². The molecular weight excluding hydrogens is 362 g/mol. The predicted octanol–water partition coefficient (Wildman–Crippen LogP) is 2.99. The van der Waals surface area contributed by atoms with E-state index in [-0.39, 0.29) is 26.2 Å². The first kappa shape index (κ1) is 19.4. The van der Waals surface area contributed by atoms with Gasteiger partial charge in [0.1, 0.15) is 13.2 Å². The summed E-state index contributed by atoms with van der Waals surface area (Å²) < 4.78 is 10.5. The van der Waals surface area contributed by atoms with Crippen molar-refractivity contribution in [1.82, 2.24) is 4.90 Å². The van der Waals surface area contributed by atoms with Crippen molar-refractivity contribution in [3.63, 3.8) is 0 Å². The quantitative estimate of drug-likeness (QED) is 0.609. The topological polar surface area (TPSA) is 93.1 Å². The maximum atomic E-state index is 12.7. The van der Waals surface area contributed by atoms with E-state index < -0.39 is 23.6 Å². The van der Waals surface area contributed by atoms with E-state index >= 15 is 0 Å². The fourth-order valence-electron chi connectivity index (χ4n) is 3.23. The molecule has 0 bridgehead atoms. The van der Waals surface area contributed by atoms with Crippen molar-refractivity contribution in [3.05, 3.63) is 71.8 Å². The molecule has 2 aromatic carbocycles. The van der Waals surface area contributed by atoms with Crippen molar-refractivity contribution in [2.24, 2.45) is 0 Å². The van der Waals surface area contributed by atoms with Crippen LogP contribution in [0.5, 0.6) is 0 Å². The van der Waals surface area contributed by atoms with Gasteiger partial charge in [-0.25, -0.2) is 14.4 Å². The van der Waals surface area contributed by atoms with E-state index in [1.54, 1.807) is 36.4 Å². The lowest BCUT2D eigenvalue weighted by Crippen LogP contribution is -2.59. The third kappa shape index (κ3) is 3.98. The number of carbonyl (C=O) groups is 3. The molecule has 0 spiro atoms. The summed E-state index contributed by atoms with van der Waals surface area (Å²) in [6.45, 7) is 0.0346. The van der Waals surface area contributed by atoms with Crippen LogP contribution < -0.4 is 0 Å². The minimum Gasteiger partial charge on any atom is -0.479 e. The van der Waals surface area contributed by atoms with Crippen LogP contribution in [0.25, 0.3) is 0 Å². The Balaban J connectivity index is 1.71. The summed E-state index contributed by atoms with van der Waals surface area (Å²) in [7, 11) is 0. The van der Waals surface area contributed by atoms with Gasteiger partial charge in [-0.3, -0.25) is 4.90 Å². The standard InChI is InChI=1S/C21H21NO6/c23-18(24)21(19(25)27-14-16-8-3-1-4-9-16)12-7-13-22(21)20(26)28-15-17-10-5-2-6-11-17/h1-6,8-11H,7,12-15H2,(H,23,24)/t21-/m1/s1. The summed E-state index contributed by atoms with van der Waals surface area (Å²) >= 11 is 0. The lowest BCUT2D eigenvalue weighted by atomic mass is 9.96. The van der Waals surface area contributed by atoms with Crippen LogP contribution in [0.4, 0.5) is 4.79 Å². The fourth-order valence-corrected chi connectivity index (χ4v) is 3.23. The van der Waals surface area contributed by atoms with Gasteiger partial charge in [0.2, 0.25) is 5.54 Å². The van der Waals surface area contributed by atoms with E-state index in [9.17, 15) is 19.5 Å². The minimum atomic E-state index is -2.07. The van der Waals surface area contributed by atoms with Crippen LogP contribution >= 0.6 is 0 Å². The summed E-state index contributed by atoms with van der Waals surface area (Å²) in [5, 5.41) is 9.79. The molecule has 1 amide bonds. The normalized spacial score (nSPS) is 18.5. The number of ether oxygens (including phenoxy) is 2. The first-order valence-corrected chi connectivity index (χ1v) is 8.97. The number of likely N-dealkylation sites (tertiary alicyclic amines) is 1. The Morgan fingerprint density at radius 1 is 0.893 bits per heavy atom. The zero-order valence-corrected chi connectivity index (χ0v) is 15.2. The van der Waals surface area contributed by atoms with Crippen LogP contribution in [0.1, 0.15) is 24.0 Å². The molecule has 7 heteroatoms. The number of hydrogen-bond donors (Lipinski definition) is 1. The minimum absolute atomic E-state index is 0.00899. The monoisotopic (exact) mass is 383 g/mol. The smallest absolute Gasteiger partial charge is 0.411 e. The Kier molecular flexibility index (Phi) is 5.93. The highest BCUT2D eigenvalue weighted by Gasteiger charge is 2.58. The molecule has 1 heterocycles. The molecule has 3 rings (SSSR count). The van der Waals surface area contributed by atoms with Crippen LogP contribution in [-0.4, -0.2) is 40.1 Å². The highest BCUT2D eigenvalue weighted by Crippen LogP contribution is 2.32. The van der Waals surface area contributed by atoms with Crippen LogP contribution in [0.15, 0.2) is 60.7 Å². The maximum Gasteiger partial charge on any atom is 0.411 e.